The van der Waals surface area contributed by atoms with Gasteiger partial charge in [0.1, 0.15) is 12.1 Å². The molecule has 0 N–H and O–H groups in total. The minimum absolute atomic E-state index is 0.409. The van der Waals surface area contributed by atoms with Crippen molar-refractivity contribution in [2.75, 3.05) is 44.2 Å². The lowest BCUT2D eigenvalue weighted by atomic mass is 10.1. The van der Waals surface area contributed by atoms with Gasteiger partial charge >= 0.3 is 0 Å². The molecule has 2 aliphatic rings. The predicted molar refractivity (Wildman–Crippen MR) is 99.0 cm³/mol. The number of hydrogen-bond acceptors (Lipinski definition) is 6. The van der Waals surface area contributed by atoms with E-state index in [0.717, 1.165) is 50.4 Å². The number of ether oxygens (including phenoxy) is 1. The third kappa shape index (κ3) is 3.41. The summed E-state index contributed by atoms with van der Waals surface area (Å²) >= 11 is 1.76. The van der Waals surface area contributed by atoms with E-state index in [-0.39, 0.29) is 0 Å². The first kappa shape index (κ1) is 16.2. The highest BCUT2D eigenvalue weighted by Crippen LogP contribution is 2.32. The first-order valence-corrected chi connectivity index (χ1v) is 9.97. The highest BCUT2D eigenvalue weighted by Gasteiger charge is 2.23. The lowest BCUT2D eigenvalue weighted by Gasteiger charge is -2.33. The number of piperidine rings is 1. The third-order valence-electron chi connectivity index (χ3n) is 5.21. The summed E-state index contributed by atoms with van der Waals surface area (Å²) in [5, 5.41) is 2.18. The van der Waals surface area contributed by atoms with Crippen LogP contribution in [-0.4, -0.2) is 60.3 Å². The fourth-order valence-electron chi connectivity index (χ4n) is 3.77. The lowest BCUT2D eigenvalue weighted by molar-refractivity contribution is 0.0265. The summed E-state index contributed by atoms with van der Waals surface area (Å²) in [4.78, 5) is 13.9. The molecular formula is C18H26N4OS. The van der Waals surface area contributed by atoms with E-state index in [1.165, 1.54) is 36.2 Å². The second-order valence-corrected chi connectivity index (χ2v) is 7.78. The van der Waals surface area contributed by atoms with Crippen molar-refractivity contribution in [3.63, 3.8) is 0 Å². The van der Waals surface area contributed by atoms with Crippen LogP contribution in [-0.2, 0) is 4.74 Å². The second kappa shape index (κ2) is 7.33. The number of aromatic nitrogens is 2. The Morgan fingerprint density at radius 2 is 1.96 bits per heavy atom. The van der Waals surface area contributed by atoms with Crippen LogP contribution < -0.4 is 4.90 Å². The second-order valence-electron chi connectivity index (χ2n) is 6.90. The van der Waals surface area contributed by atoms with Crippen LogP contribution in [0.25, 0.3) is 10.2 Å². The van der Waals surface area contributed by atoms with Gasteiger partial charge in [-0.25, -0.2) is 9.97 Å². The van der Waals surface area contributed by atoms with E-state index < -0.39 is 0 Å². The van der Waals surface area contributed by atoms with Crippen molar-refractivity contribution in [3.8, 4) is 0 Å². The van der Waals surface area contributed by atoms with E-state index in [0.29, 0.717) is 6.10 Å². The van der Waals surface area contributed by atoms with Crippen LogP contribution in [0, 0.1) is 6.92 Å². The lowest BCUT2D eigenvalue weighted by Crippen LogP contribution is -2.38. The standard InChI is InChI=1S/C18H26N4OS/c1-14-12-24-17-16(14)19-13-20-18(17)22-8-4-15(5-9-22)23-11-10-21-6-2-3-7-21/h12-13,15H,2-11H2,1H3. The number of hydrogen-bond donors (Lipinski definition) is 0. The first-order chi connectivity index (χ1) is 11.8. The Morgan fingerprint density at radius 1 is 1.17 bits per heavy atom. The van der Waals surface area contributed by atoms with E-state index >= 15 is 0 Å². The topological polar surface area (TPSA) is 41.5 Å². The zero-order chi connectivity index (χ0) is 16.4. The van der Waals surface area contributed by atoms with Gasteiger partial charge in [-0.1, -0.05) is 0 Å². The minimum Gasteiger partial charge on any atom is -0.377 e. The molecule has 2 aliphatic heterocycles. The van der Waals surface area contributed by atoms with Gasteiger partial charge in [0.2, 0.25) is 0 Å². The number of likely N-dealkylation sites (tertiary alicyclic amines) is 1. The summed E-state index contributed by atoms with van der Waals surface area (Å²) in [5.74, 6) is 1.11. The van der Waals surface area contributed by atoms with Gasteiger partial charge < -0.3 is 14.5 Å². The Bertz CT molecular complexity index is 675. The SMILES string of the molecule is Cc1csc2c(N3CCC(OCCN4CCCC4)CC3)ncnc12. The van der Waals surface area contributed by atoms with Gasteiger partial charge in [-0.15, -0.1) is 11.3 Å². The molecule has 0 spiro atoms. The molecule has 2 aromatic rings. The quantitative estimate of drug-likeness (QED) is 0.832. The van der Waals surface area contributed by atoms with Crippen LogP contribution in [0.2, 0.25) is 0 Å². The van der Waals surface area contributed by atoms with Gasteiger partial charge in [-0.2, -0.15) is 0 Å². The molecule has 0 unspecified atom stereocenters. The monoisotopic (exact) mass is 346 g/mol. The third-order valence-corrected chi connectivity index (χ3v) is 6.30. The zero-order valence-electron chi connectivity index (χ0n) is 14.4. The van der Waals surface area contributed by atoms with E-state index in [9.17, 15) is 0 Å². The average Bonchev–Trinajstić information content (AvgIpc) is 3.26. The van der Waals surface area contributed by atoms with E-state index in [1.807, 2.05) is 0 Å². The fourth-order valence-corrected chi connectivity index (χ4v) is 4.79. The van der Waals surface area contributed by atoms with E-state index in [2.05, 4.69) is 32.1 Å². The maximum atomic E-state index is 6.12. The molecule has 4 rings (SSSR count). The summed E-state index contributed by atoms with van der Waals surface area (Å²) in [6.45, 7) is 8.66. The maximum Gasteiger partial charge on any atom is 0.150 e. The number of anilines is 1. The van der Waals surface area contributed by atoms with Crippen LogP contribution in [0.3, 0.4) is 0 Å². The number of thiophene rings is 1. The van der Waals surface area contributed by atoms with Crippen molar-refractivity contribution in [3.05, 3.63) is 17.3 Å². The summed E-state index contributed by atoms with van der Waals surface area (Å²) in [6, 6.07) is 0. The summed E-state index contributed by atoms with van der Waals surface area (Å²) in [7, 11) is 0. The van der Waals surface area contributed by atoms with Crippen LogP contribution in [0.5, 0.6) is 0 Å². The van der Waals surface area contributed by atoms with Crippen molar-refractivity contribution in [1.29, 1.82) is 0 Å². The van der Waals surface area contributed by atoms with Gasteiger partial charge in [-0.05, 0) is 56.6 Å². The van der Waals surface area contributed by atoms with Gasteiger partial charge in [0.25, 0.3) is 0 Å². The molecule has 5 nitrogen and oxygen atoms in total. The molecular weight excluding hydrogens is 320 g/mol. The molecule has 2 saturated heterocycles. The van der Waals surface area contributed by atoms with Crippen molar-refractivity contribution < 1.29 is 4.74 Å². The Kier molecular flexibility index (Phi) is 4.96. The summed E-state index contributed by atoms with van der Waals surface area (Å²) < 4.78 is 7.35. The van der Waals surface area contributed by atoms with Gasteiger partial charge in [0.05, 0.1) is 22.9 Å². The molecule has 130 valence electrons. The Hall–Kier alpha value is -1.24. The number of aryl methyl sites for hydroxylation is 1. The fraction of sp³-hybridized carbons (Fsp3) is 0.667. The van der Waals surface area contributed by atoms with Crippen molar-refractivity contribution >= 4 is 27.4 Å². The molecule has 2 aromatic heterocycles. The molecule has 0 saturated carbocycles. The highest BCUT2D eigenvalue weighted by molar-refractivity contribution is 7.18. The number of nitrogens with zero attached hydrogens (tertiary/aromatic N) is 4. The summed E-state index contributed by atoms with van der Waals surface area (Å²) in [5.41, 5.74) is 2.35. The Balaban J connectivity index is 1.30. The van der Waals surface area contributed by atoms with E-state index in [4.69, 9.17) is 4.74 Å². The molecule has 0 bridgehead atoms. The molecule has 0 amide bonds. The molecule has 0 aromatic carbocycles. The molecule has 4 heterocycles. The molecule has 6 heteroatoms. The van der Waals surface area contributed by atoms with Crippen molar-refractivity contribution in [2.45, 2.75) is 38.7 Å². The first-order valence-electron chi connectivity index (χ1n) is 9.09. The van der Waals surface area contributed by atoms with Crippen LogP contribution in [0.15, 0.2) is 11.7 Å². The van der Waals surface area contributed by atoms with Crippen molar-refractivity contribution in [1.82, 2.24) is 14.9 Å². The predicted octanol–water partition coefficient (Wildman–Crippen LogP) is 3.08. The van der Waals surface area contributed by atoms with Crippen molar-refractivity contribution in [2.24, 2.45) is 0 Å². The molecule has 2 fully saturated rings. The largest absolute Gasteiger partial charge is 0.377 e. The van der Waals surface area contributed by atoms with E-state index in [1.54, 1.807) is 17.7 Å². The normalized spacial score (nSPS) is 20.3. The minimum atomic E-state index is 0.409. The maximum absolute atomic E-state index is 6.12. The van der Waals surface area contributed by atoms with Crippen LogP contribution in [0.4, 0.5) is 5.82 Å². The molecule has 24 heavy (non-hydrogen) atoms. The number of rotatable bonds is 5. The van der Waals surface area contributed by atoms with Gasteiger partial charge in [0.15, 0.2) is 0 Å². The van der Waals surface area contributed by atoms with Crippen LogP contribution >= 0.6 is 11.3 Å². The smallest absolute Gasteiger partial charge is 0.150 e. The van der Waals surface area contributed by atoms with Crippen LogP contribution in [0.1, 0.15) is 31.2 Å². The molecule has 0 radical (unpaired) electrons. The number of fused-ring (bicyclic) bond motifs is 1. The summed E-state index contributed by atoms with van der Waals surface area (Å²) in [6.07, 6.45) is 7.01. The Morgan fingerprint density at radius 3 is 2.75 bits per heavy atom. The molecule has 0 aliphatic carbocycles. The molecule has 0 atom stereocenters. The average molecular weight is 347 g/mol. The highest BCUT2D eigenvalue weighted by atomic mass is 32.1. The van der Waals surface area contributed by atoms with Gasteiger partial charge in [0, 0.05) is 19.6 Å². The Labute approximate surface area is 147 Å². The zero-order valence-corrected chi connectivity index (χ0v) is 15.2. The van der Waals surface area contributed by atoms with Gasteiger partial charge in [-0.3, -0.25) is 0 Å².